The quantitative estimate of drug-likeness (QED) is 0.870. The van der Waals surface area contributed by atoms with Crippen molar-refractivity contribution in [3.8, 4) is 0 Å². The number of aromatic nitrogens is 2. The highest BCUT2D eigenvalue weighted by atomic mass is 19.2. The molecule has 106 valence electrons. The maximum Gasteiger partial charge on any atom is 0.223 e. The van der Waals surface area contributed by atoms with Crippen LogP contribution in [0.15, 0.2) is 24.4 Å². The van der Waals surface area contributed by atoms with Crippen molar-refractivity contribution in [2.24, 2.45) is 0 Å². The number of hydrogen-bond donors (Lipinski definition) is 1. The summed E-state index contributed by atoms with van der Waals surface area (Å²) in [5.74, 6) is -2.54. The van der Waals surface area contributed by atoms with Gasteiger partial charge in [0.1, 0.15) is 5.82 Å². The van der Waals surface area contributed by atoms with Gasteiger partial charge in [0.2, 0.25) is 5.95 Å². The lowest BCUT2D eigenvalue weighted by Gasteiger charge is -2.09. The minimum absolute atomic E-state index is 0.0162. The average molecular weight is 281 g/mol. The summed E-state index contributed by atoms with van der Waals surface area (Å²) in [4.78, 5) is 8.24. The first-order valence-corrected chi connectivity index (χ1v) is 6.17. The first kappa shape index (κ1) is 14.3. The van der Waals surface area contributed by atoms with Gasteiger partial charge in [-0.05, 0) is 18.1 Å². The van der Waals surface area contributed by atoms with E-state index in [1.54, 1.807) is 12.3 Å². The standard InChI is InChI=1S/C14H14F3N3/c1-8(2)13-3-4-18-14(20-13)19-7-9-5-11(16)12(17)6-10(9)15/h3-6,8H,7H2,1-2H3,(H,18,19,20). The molecule has 3 nitrogen and oxygen atoms in total. The molecule has 2 rings (SSSR count). The maximum atomic E-state index is 13.5. The molecule has 2 aromatic rings. The fourth-order valence-electron chi connectivity index (χ4n) is 1.65. The molecular weight excluding hydrogens is 267 g/mol. The van der Waals surface area contributed by atoms with Crippen molar-refractivity contribution in [3.63, 3.8) is 0 Å². The Hall–Kier alpha value is -2.11. The van der Waals surface area contributed by atoms with Gasteiger partial charge in [0.15, 0.2) is 11.6 Å². The topological polar surface area (TPSA) is 37.8 Å². The van der Waals surface area contributed by atoms with Crippen molar-refractivity contribution in [2.45, 2.75) is 26.3 Å². The van der Waals surface area contributed by atoms with Crippen LogP contribution in [0.2, 0.25) is 0 Å². The summed E-state index contributed by atoms with van der Waals surface area (Å²) in [6.07, 6.45) is 1.59. The monoisotopic (exact) mass is 281 g/mol. The maximum absolute atomic E-state index is 13.5. The molecule has 0 aliphatic heterocycles. The summed E-state index contributed by atoms with van der Waals surface area (Å²) in [5.41, 5.74) is 0.857. The Labute approximate surface area is 114 Å². The molecule has 1 aromatic heterocycles. The highest BCUT2D eigenvalue weighted by molar-refractivity contribution is 5.30. The van der Waals surface area contributed by atoms with Crippen molar-refractivity contribution in [2.75, 3.05) is 5.32 Å². The predicted octanol–water partition coefficient (Wildman–Crippen LogP) is 3.63. The smallest absolute Gasteiger partial charge is 0.223 e. The molecule has 0 bridgehead atoms. The number of nitrogens with one attached hydrogen (secondary N) is 1. The fourth-order valence-corrected chi connectivity index (χ4v) is 1.65. The molecule has 0 aliphatic rings. The molecule has 0 saturated carbocycles. The van der Waals surface area contributed by atoms with Crippen LogP contribution in [-0.4, -0.2) is 9.97 Å². The molecule has 6 heteroatoms. The minimum Gasteiger partial charge on any atom is -0.350 e. The SMILES string of the molecule is CC(C)c1ccnc(NCc2cc(F)c(F)cc2F)n1. The summed E-state index contributed by atoms with van der Waals surface area (Å²) in [5, 5.41) is 2.79. The second-order valence-electron chi connectivity index (χ2n) is 4.67. The first-order chi connectivity index (χ1) is 9.47. The van der Waals surface area contributed by atoms with Crippen LogP contribution < -0.4 is 5.32 Å². The van der Waals surface area contributed by atoms with E-state index in [1.165, 1.54) is 0 Å². The van der Waals surface area contributed by atoms with Crippen LogP contribution in [0.4, 0.5) is 19.1 Å². The van der Waals surface area contributed by atoms with Gasteiger partial charge in [0.25, 0.3) is 0 Å². The van der Waals surface area contributed by atoms with Gasteiger partial charge in [0, 0.05) is 30.1 Å². The Kier molecular flexibility index (Phi) is 4.22. The Morgan fingerprint density at radius 1 is 1.10 bits per heavy atom. The second-order valence-corrected chi connectivity index (χ2v) is 4.67. The molecule has 1 heterocycles. The van der Waals surface area contributed by atoms with Crippen LogP contribution >= 0.6 is 0 Å². The average Bonchev–Trinajstić information content (AvgIpc) is 2.41. The van der Waals surface area contributed by atoms with Gasteiger partial charge in [-0.2, -0.15) is 0 Å². The lowest BCUT2D eigenvalue weighted by Crippen LogP contribution is -2.07. The number of halogens is 3. The van der Waals surface area contributed by atoms with Gasteiger partial charge >= 0.3 is 0 Å². The predicted molar refractivity (Wildman–Crippen MR) is 69.8 cm³/mol. The number of benzene rings is 1. The summed E-state index contributed by atoms with van der Waals surface area (Å²) in [6, 6.07) is 3.13. The molecule has 0 amide bonds. The summed E-state index contributed by atoms with van der Waals surface area (Å²) in [6.45, 7) is 3.95. The largest absolute Gasteiger partial charge is 0.350 e. The van der Waals surface area contributed by atoms with Crippen molar-refractivity contribution in [1.82, 2.24) is 9.97 Å². The molecule has 20 heavy (non-hydrogen) atoms. The highest BCUT2D eigenvalue weighted by Gasteiger charge is 2.10. The minimum atomic E-state index is -1.20. The molecule has 0 radical (unpaired) electrons. The van der Waals surface area contributed by atoms with Gasteiger partial charge in [-0.25, -0.2) is 23.1 Å². The highest BCUT2D eigenvalue weighted by Crippen LogP contribution is 2.16. The fraction of sp³-hybridized carbons (Fsp3) is 0.286. The summed E-state index contributed by atoms with van der Waals surface area (Å²) < 4.78 is 39.3. The van der Waals surface area contributed by atoms with Gasteiger partial charge < -0.3 is 5.32 Å². The number of nitrogens with zero attached hydrogens (tertiary/aromatic N) is 2. The van der Waals surface area contributed by atoms with Crippen LogP contribution in [0, 0.1) is 17.5 Å². The van der Waals surface area contributed by atoms with Crippen LogP contribution in [-0.2, 0) is 6.54 Å². The van der Waals surface area contributed by atoms with Gasteiger partial charge in [-0.3, -0.25) is 0 Å². The lowest BCUT2D eigenvalue weighted by molar-refractivity contribution is 0.490. The van der Waals surface area contributed by atoms with Crippen molar-refractivity contribution >= 4 is 5.95 Å². The van der Waals surface area contributed by atoms with Crippen LogP contribution in [0.5, 0.6) is 0 Å². The van der Waals surface area contributed by atoms with E-state index in [2.05, 4.69) is 15.3 Å². The third kappa shape index (κ3) is 3.26. The Morgan fingerprint density at radius 3 is 2.50 bits per heavy atom. The van der Waals surface area contributed by atoms with E-state index in [0.717, 1.165) is 11.8 Å². The normalized spacial score (nSPS) is 10.9. The third-order valence-corrected chi connectivity index (χ3v) is 2.79. The van der Waals surface area contributed by atoms with E-state index >= 15 is 0 Å². The van der Waals surface area contributed by atoms with Crippen LogP contribution in [0.25, 0.3) is 0 Å². The molecule has 0 unspecified atom stereocenters. The third-order valence-electron chi connectivity index (χ3n) is 2.79. The zero-order valence-electron chi connectivity index (χ0n) is 11.1. The van der Waals surface area contributed by atoms with Gasteiger partial charge in [-0.1, -0.05) is 13.8 Å². The summed E-state index contributed by atoms with van der Waals surface area (Å²) >= 11 is 0. The zero-order valence-corrected chi connectivity index (χ0v) is 11.1. The molecule has 0 aliphatic carbocycles. The van der Waals surface area contributed by atoms with Crippen molar-refractivity contribution in [1.29, 1.82) is 0 Å². The number of hydrogen-bond acceptors (Lipinski definition) is 3. The molecule has 0 fully saturated rings. The Bertz CT molecular complexity index is 615. The van der Waals surface area contributed by atoms with Crippen molar-refractivity contribution < 1.29 is 13.2 Å². The molecular formula is C14H14F3N3. The molecule has 0 spiro atoms. The van der Waals surface area contributed by atoms with Gasteiger partial charge in [0.05, 0.1) is 0 Å². The van der Waals surface area contributed by atoms with E-state index in [1.807, 2.05) is 13.8 Å². The van der Waals surface area contributed by atoms with Crippen LogP contribution in [0.1, 0.15) is 31.0 Å². The van der Waals surface area contributed by atoms with Crippen LogP contribution in [0.3, 0.4) is 0 Å². The summed E-state index contributed by atoms with van der Waals surface area (Å²) in [7, 11) is 0. The number of rotatable bonds is 4. The number of anilines is 1. The van der Waals surface area contributed by atoms with E-state index < -0.39 is 17.5 Å². The first-order valence-electron chi connectivity index (χ1n) is 6.17. The molecule has 1 N–H and O–H groups in total. The second kappa shape index (κ2) is 5.90. The van der Waals surface area contributed by atoms with Gasteiger partial charge in [-0.15, -0.1) is 0 Å². The van der Waals surface area contributed by atoms with E-state index in [9.17, 15) is 13.2 Å². The van der Waals surface area contributed by atoms with E-state index in [0.29, 0.717) is 12.0 Å². The molecule has 1 aromatic carbocycles. The van der Waals surface area contributed by atoms with Crippen molar-refractivity contribution in [3.05, 3.63) is 53.1 Å². The Balaban J connectivity index is 2.13. The van der Waals surface area contributed by atoms with E-state index in [-0.39, 0.29) is 18.0 Å². The Morgan fingerprint density at radius 2 is 1.80 bits per heavy atom. The zero-order chi connectivity index (χ0) is 14.7. The molecule has 0 saturated heterocycles. The molecule has 0 atom stereocenters. The van der Waals surface area contributed by atoms with E-state index in [4.69, 9.17) is 0 Å². The lowest BCUT2D eigenvalue weighted by atomic mass is 10.1.